The number of carboxylic acid groups (broad SMARTS) is 1. The first-order chi connectivity index (χ1) is 28.1. The Morgan fingerprint density at radius 2 is 1.13 bits per heavy atom. The highest BCUT2D eigenvalue weighted by Crippen LogP contribution is 2.42. The average molecular weight is 892 g/mol. The van der Waals surface area contributed by atoms with Crippen LogP contribution in [0.4, 0.5) is 11.4 Å². The number of aliphatic hydroxyl groups excluding tert-OH is 2. The summed E-state index contributed by atoms with van der Waals surface area (Å²) in [6, 6.07) is 8.45. The number of phenolic OH excluding ortho intramolecular Hbond substituents is 3. The molecule has 0 aliphatic heterocycles. The monoisotopic (exact) mass is 890 g/mol. The molecule has 1 aliphatic carbocycles. The number of anilines is 2. The summed E-state index contributed by atoms with van der Waals surface area (Å²) in [6.07, 6.45) is 0.350. The number of hydrogen-bond acceptors (Lipinski definition) is 17. The Morgan fingerprint density at radius 1 is 0.656 bits per heavy atom. The smallest absolute Gasteiger partial charge is 0.347 e. The van der Waals surface area contributed by atoms with Crippen molar-refractivity contribution < 1.29 is 69.2 Å². The van der Waals surface area contributed by atoms with Crippen molar-refractivity contribution in [1.82, 2.24) is 10.6 Å². The number of aldehydes is 1. The number of carbonyl (C=O) groups excluding carboxylic acids is 4. The van der Waals surface area contributed by atoms with Crippen molar-refractivity contribution in [3.8, 4) is 34.5 Å². The first-order valence-corrected chi connectivity index (χ1v) is 18.2. The van der Waals surface area contributed by atoms with Crippen LogP contribution < -0.4 is 30.7 Å². The fraction of sp³-hybridized carbons (Fsp3) is 0.293. The molecule has 0 saturated carbocycles. The van der Waals surface area contributed by atoms with Gasteiger partial charge in [-0.3, -0.25) is 14.4 Å². The van der Waals surface area contributed by atoms with Crippen molar-refractivity contribution >= 4 is 66.0 Å². The van der Waals surface area contributed by atoms with Crippen LogP contribution in [0.3, 0.4) is 0 Å². The Kier molecular flexibility index (Phi) is 19.2. The van der Waals surface area contributed by atoms with Crippen LogP contribution in [0.1, 0.15) is 79.6 Å². The number of carbonyl (C=O) groups is 5. The Morgan fingerprint density at radius 3 is 1.56 bits per heavy atom. The van der Waals surface area contributed by atoms with E-state index in [1.54, 1.807) is 12.1 Å². The van der Waals surface area contributed by atoms with E-state index in [4.69, 9.17) is 19.7 Å². The molecular formula is C41H48Cl2N4O14. The Hall–Kier alpha value is -6.15. The van der Waals surface area contributed by atoms with Crippen molar-refractivity contribution in [3.05, 3.63) is 92.0 Å². The Bertz CT molecular complexity index is 2210. The first kappa shape index (κ1) is 51.0. The van der Waals surface area contributed by atoms with Gasteiger partial charge in [0.25, 0.3) is 0 Å². The number of ketones is 2. The van der Waals surface area contributed by atoms with E-state index in [0.717, 1.165) is 0 Å². The summed E-state index contributed by atoms with van der Waals surface area (Å²) < 4.78 is 10.3. The van der Waals surface area contributed by atoms with Crippen molar-refractivity contribution in [3.63, 3.8) is 0 Å². The largest absolute Gasteiger partial charge is 0.507 e. The van der Waals surface area contributed by atoms with E-state index in [0.29, 0.717) is 62.5 Å². The lowest BCUT2D eigenvalue weighted by Crippen LogP contribution is -2.28. The highest BCUT2D eigenvalue weighted by molar-refractivity contribution is 6.33. The van der Waals surface area contributed by atoms with E-state index in [-0.39, 0.29) is 111 Å². The van der Waals surface area contributed by atoms with Gasteiger partial charge in [-0.1, -0.05) is 0 Å². The number of methoxy groups -OCH3 is 1. The van der Waals surface area contributed by atoms with Crippen LogP contribution >= 0.6 is 24.8 Å². The van der Waals surface area contributed by atoms with E-state index < -0.39 is 35.0 Å². The van der Waals surface area contributed by atoms with Crippen molar-refractivity contribution in [2.45, 2.75) is 20.8 Å². The SMILES string of the molecule is COc1cc(C)c(C(=O)Oc2cc(C)c(O)c(C(=O)O)c2C)c(O)c1C=O.Cl.Cl.O=C1c2c(O)ccc(O)c2C(=O)c2c(NCCNCCO)ccc(NCCNCCO)c21. The number of halogens is 2. The van der Waals surface area contributed by atoms with Gasteiger partial charge in [0.2, 0.25) is 11.6 Å². The van der Waals surface area contributed by atoms with Crippen LogP contribution in [0.25, 0.3) is 0 Å². The third-order valence-corrected chi connectivity index (χ3v) is 9.25. The van der Waals surface area contributed by atoms with Gasteiger partial charge in [-0.25, -0.2) is 9.59 Å². The number of aryl methyl sites for hydroxylation is 2. The molecule has 0 amide bonds. The predicted molar refractivity (Wildman–Crippen MR) is 229 cm³/mol. The van der Waals surface area contributed by atoms with E-state index in [1.807, 2.05) is 0 Å². The maximum Gasteiger partial charge on any atom is 0.347 e. The fourth-order valence-corrected chi connectivity index (χ4v) is 6.35. The van der Waals surface area contributed by atoms with Crippen molar-refractivity contribution in [1.29, 1.82) is 0 Å². The highest BCUT2D eigenvalue weighted by atomic mass is 35.5. The van der Waals surface area contributed by atoms with Crippen molar-refractivity contribution in [2.75, 3.05) is 70.2 Å². The van der Waals surface area contributed by atoms with Gasteiger partial charge in [-0.2, -0.15) is 0 Å². The summed E-state index contributed by atoms with van der Waals surface area (Å²) in [7, 11) is 1.31. The summed E-state index contributed by atoms with van der Waals surface area (Å²) in [4.78, 5) is 61.9. The number of carboxylic acids is 1. The zero-order chi connectivity index (χ0) is 43.6. The van der Waals surface area contributed by atoms with Gasteiger partial charge >= 0.3 is 11.9 Å². The van der Waals surface area contributed by atoms with Crippen molar-refractivity contribution in [2.24, 2.45) is 0 Å². The number of ether oxygens (including phenoxy) is 2. The molecule has 0 unspecified atom stereocenters. The topological polar surface area (TPSA) is 294 Å². The number of hydrogen-bond donors (Lipinski definition) is 11. The molecule has 61 heavy (non-hydrogen) atoms. The van der Waals surface area contributed by atoms with Crippen LogP contribution in [0.15, 0.2) is 36.4 Å². The summed E-state index contributed by atoms with van der Waals surface area (Å²) in [5.74, 6) is -5.24. The van der Waals surface area contributed by atoms with Gasteiger partial charge in [-0.05, 0) is 68.3 Å². The Labute approximate surface area is 362 Å². The Balaban J connectivity index is 0.000000412. The number of esters is 1. The van der Waals surface area contributed by atoms with Crippen LogP contribution in [-0.2, 0) is 0 Å². The number of aromatic carboxylic acids is 1. The number of fused-ring (bicyclic) bond motifs is 2. The zero-order valence-corrected chi connectivity index (χ0v) is 35.1. The molecule has 0 bridgehead atoms. The van der Waals surface area contributed by atoms with Gasteiger partial charge in [0.1, 0.15) is 45.6 Å². The quantitative estimate of drug-likeness (QED) is 0.0209. The molecule has 0 aromatic heterocycles. The van der Waals surface area contributed by atoms with E-state index in [1.165, 1.54) is 52.1 Å². The average Bonchev–Trinajstić information content (AvgIpc) is 3.19. The molecule has 4 aromatic rings. The third kappa shape index (κ3) is 11.2. The van der Waals surface area contributed by atoms with Crippen LogP contribution in [0, 0.1) is 20.8 Å². The number of phenols is 4. The molecule has 0 spiro atoms. The molecule has 1 aliphatic rings. The fourth-order valence-electron chi connectivity index (χ4n) is 6.35. The van der Waals surface area contributed by atoms with Gasteiger partial charge in [0.15, 0.2) is 6.29 Å². The maximum absolute atomic E-state index is 13.4. The minimum Gasteiger partial charge on any atom is -0.507 e. The number of aromatic hydroxyl groups is 4. The summed E-state index contributed by atoms with van der Waals surface area (Å²) >= 11 is 0. The second kappa shape index (κ2) is 23.0. The highest BCUT2D eigenvalue weighted by Gasteiger charge is 2.38. The van der Waals surface area contributed by atoms with E-state index in [9.17, 15) is 49.5 Å². The van der Waals surface area contributed by atoms with Gasteiger partial charge < -0.3 is 66.5 Å². The minimum atomic E-state index is -1.38. The molecule has 0 radical (unpaired) electrons. The summed E-state index contributed by atoms with van der Waals surface area (Å²) in [6.45, 7) is 7.16. The zero-order valence-electron chi connectivity index (χ0n) is 33.5. The molecule has 18 nitrogen and oxygen atoms in total. The van der Waals surface area contributed by atoms with Crippen LogP contribution in [0.2, 0.25) is 0 Å². The van der Waals surface area contributed by atoms with Crippen LogP contribution in [0.5, 0.6) is 34.5 Å². The lowest BCUT2D eigenvalue weighted by atomic mass is 9.81. The molecular weight excluding hydrogens is 843 g/mol. The second-order valence-electron chi connectivity index (χ2n) is 13.1. The van der Waals surface area contributed by atoms with Crippen LogP contribution in [-0.4, -0.2) is 125 Å². The molecule has 0 fully saturated rings. The summed E-state index contributed by atoms with van der Waals surface area (Å²) in [5.41, 5.74) is 0.371. The molecule has 11 N–H and O–H groups in total. The lowest BCUT2D eigenvalue weighted by Gasteiger charge is -2.25. The minimum absolute atomic E-state index is 0. The molecule has 0 saturated heterocycles. The van der Waals surface area contributed by atoms with E-state index in [2.05, 4.69) is 21.3 Å². The predicted octanol–water partition coefficient (Wildman–Crippen LogP) is 3.47. The molecule has 0 heterocycles. The van der Waals surface area contributed by atoms with Gasteiger partial charge in [0.05, 0.1) is 48.1 Å². The normalized spacial score (nSPS) is 11.1. The van der Waals surface area contributed by atoms with Gasteiger partial charge in [0, 0.05) is 56.2 Å². The summed E-state index contributed by atoms with van der Waals surface area (Å²) in [5, 5.41) is 80.0. The molecule has 4 aromatic carbocycles. The van der Waals surface area contributed by atoms with E-state index >= 15 is 0 Å². The molecule has 0 atom stereocenters. The number of benzene rings is 4. The third-order valence-electron chi connectivity index (χ3n) is 9.25. The first-order valence-electron chi connectivity index (χ1n) is 18.2. The number of rotatable bonds is 17. The molecule has 330 valence electrons. The molecule has 5 rings (SSSR count). The maximum atomic E-state index is 13.4. The second-order valence-corrected chi connectivity index (χ2v) is 13.1. The lowest BCUT2D eigenvalue weighted by molar-refractivity contribution is 0.0681. The number of nitrogens with one attached hydrogen (secondary N) is 4. The molecule has 20 heteroatoms. The van der Waals surface area contributed by atoms with Gasteiger partial charge in [-0.15, -0.1) is 24.8 Å². The number of aliphatic hydroxyl groups is 2. The standard InChI is InChI=1S/C22H28N4O6.C19H18O8.2ClH/c27-11-9-23-5-7-25-13-1-2-14(26-8-6-24-10-12-28)18-17(13)21(31)19-15(29)3-4-16(30)20(19)22(18)32;1-8-5-13(26-4)11(7-20)17(22)14(8)19(25)27-12-6-9(2)16(21)15(10(12)3)18(23)24;;/h1-4,23-30H,5-12H2;5-7,21-22H,1-4H3,(H,23,24);2*1H.